The van der Waals surface area contributed by atoms with E-state index in [0.29, 0.717) is 13.1 Å². The van der Waals surface area contributed by atoms with Gasteiger partial charge in [-0.1, -0.05) is 31.5 Å². The van der Waals surface area contributed by atoms with Crippen LogP contribution in [0.15, 0.2) is 24.3 Å². The van der Waals surface area contributed by atoms with Gasteiger partial charge in [0.15, 0.2) is 0 Å². The summed E-state index contributed by atoms with van der Waals surface area (Å²) in [6.45, 7) is 7.30. The lowest BCUT2D eigenvalue weighted by molar-refractivity contribution is -0.118. The second kappa shape index (κ2) is 7.81. The van der Waals surface area contributed by atoms with Crippen LogP contribution in [0.2, 0.25) is 0 Å². The first kappa shape index (κ1) is 17.1. The highest BCUT2D eigenvalue weighted by Crippen LogP contribution is 2.26. The van der Waals surface area contributed by atoms with Gasteiger partial charge in [0.2, 0.25) is 5.91 Å². The topological polar surface area (TPSA) is 63.1 Å². The summed E-state index contributed by atoms with van der Waals surface area (Å²) in [6.07, 6.45) is 2.11. The number of fused-ring (bicyclic) bond motifs is 1. The molecule has 0 aliphatic heterocycles. The third kappa shape index (κ3) is 3.92. The van der Waals surface area contributed by atoms with Gasteiger partial charge in [-0.3, -0.25) is 9.59 Å². The molecular weight excluding hydrogens is 290 g/mol. The zero-order chi connectivity index (χ0) is 16.8. The van der Waals surface area contributed by atoms with Crippen LogP contribution in [-0.4, -0.2) is 29.5 Å². The second-order valence-corrected chi connectivity index (χ2v) is 5.73. The number of rotatable bonds is 7. The summed E-state index contributed by atoms with van der Waals surface area (Å²) in [5.41, 5.74) is 2.83. The van der Waals surface area contributed by atoms with Crippen molar-refractivity contribution in [2.75, 3.05) is 13.1 Å². The highest BCUT2D eigenvalue weighted by molar-refractivity contribution is 6.01. The molecule has 124 valence electrons. The number of para-hydroxylation sites is 1. The number of hydrogen-bond donors (Lipinski definition) is 2. The van der Waals surface area contributed by atoms with Gasteiger partial charge < -0.3 is 15.2 Å². The van der Waals surface area contributed by atoms with Gasteiger partial charge in [-0.05, 0) is 25.0 Å². The quantitative estimate of drug-likeness (QED) is 0.772. The number of nitrogens with zero attached hydrogens (tertiary/aromatic N) is 1. The van der Waals surface area contributed by atoms with Crippen LogP contribution < -0.4 is 10.6 Å². The fraction of sp³-hybridized carbons (Fsp3) is 0.444. The summed E-state index contributed by atoms with van der Waals surface area (Å²) < 4.78 is 2.11. The van der Waals surface area contributed by atoms with Crippen molar-refractivity contribution in [3.8, 4) is 0 Å². The Hall–Kier alpha value is -2.30. The summed E-state index contributed by atoms with van der Waals surface area (Å²) in [5.74, 6) is -0.173. The highest BCUT2D eigenvalue weighted by Gasteiger charge is 2.19. The Balaban J connectivity index is 2.25. The SMILES string of the molecule is CCCCn1c(C(=O)NCCNC(C)=O)c(C)c2ccccc21. The fourth-order valence-corrected chi connectivity index (χ4v) is 2.82. The van der Waals surface area contributed by atoms with E-state index < -0.39 is 0 Å². The molecule has 2 aromatic rings. The molecule has 0 unspecified atom stereocenters. The third-order valence-electron chi connectivity index (χ3n) is 3.96. The molecule has 2 amide bonds. The van der Waals surface area contributed by atoms with Crippen molar-refractivity contribution in [3.05, 3.63) is 35.5 Å². The molecule has 0 aliphatic carbocycles. The highest BCUT2D eigenvalue weighted by atomic mass is 16.2. The van der Waals surface area contributed by atoms with Gasteiger partial charge in [0.1, 0.15) is 5.69 Å². The first-order valence-corrected chi connectivity index (χ1v) is 8.16. The molecule has 0 atom stereocenters. The van der Waals surface area contributed by atoms with E-state index in [-0.39, 0.29) is 11.8 Å². The molecule has 0 spiro atoms. The molecule has 0 bridgehead atoms. The van der Waals surface area contributed by atoms with E-state index >= 15 is 0 Å². The minimum Gasteiger partial charge on any atom is -0.355 e. The van der Waals surface area contributed by atoms with Crippen LogP contribution in [-0.2, 0) is 11.3 Å². The molecule has 2 N–H and O–H groups in total. The first-order chi connectivity index (χ1) is 11.1. The molecule has 23 heavy (non-hydrogen) atoms. The number of aryl methyl sites for hydroxylation is 2. The summed E-state index contributed by atoms with van der Waals surface area (Å²) in [4.78, 5) is 23.5. The molecule has 0 aliphatic rings. The van der Waals surface area contributed by atoms with Crippen LogP contribution >= 0.6 is 0 Å². The summed E-state index contributed by atoms with van der Waals surface area (Å²) >= 11 is 0. The lowest BCUT2D eigenvalue weighted by atomic mass is 10.1. The Kier molecular flexibility index (Phi) is 5.79. The Morgan fingerprint density at radius 1 is 1.13 bits per heavy atom. The van der Waals surface area contributed by atoms with Crippen molar-refractivity contribution in [2.45, 2.75) is 40.2 Å². The number of carbonyl (C=O) groups is 2. The van der Waals surface area contributed by atoms with E-state index in [9.17, 15) is 9.59 Å². The fourth-order valence-electron chi connectivity index (χ4n) is 2.82. The zero-order valence-electron chi connectivity index (χ0n) is 14.1. The predicted octanol–water partition coefficient (Wildman–Crippen LogP) is 2.62. The van der Waals surface area contributed by atoms with Crippen molar-refractivity contribution in [2.24, 2.45) is 0 Å². The first-order valence-electron chi connectivity index (χ1n) is 8.16. The lowest BCUT2D eigenvalue weighted by Gasteiger charge is -2.11. The van der Waals surface area contributed by atoms with Crippen LogP contribution in [0, 0.1) is 6.92 Å². The van der Waals surface area contributed by atoms with Gasteiger partial charge in [-0.15, -0.1) is 0 Å². The molecule has 1 aromatic carbocycles. The molecule has 5 heteroatoms. The van der Waals surface area contributed by atoms with Gasteiger partial charge >= 0.3 is 0 Å². The molecular formula is C18H25N3O2. The van der Waals surface area contributed by atoms with Gasteiger partial charge in [-0.2, -0.15) is 0 Å². The standard InChI is InChI=1S/C18H25N3O2/c1-4-5-12-21-16-9-7-6-8-15(16)13(2)17(21)18(23)20-11-10-19-14(3)22/h6-9H,4-5,10-12H2,1-3H3,(H,19,22)(H,20,23). The minimum atomic E-state index is -0.0903. The van der Waals surface area contributed by atoms with Crippen molar-refractivity contribution in [1.82, 2.24) is 15.2 Å². The molecule has 5 nitrogen and oxygen atoms in total. The number of carbonyl (C=O) groups excluding carboxylic acids is 2. The van der Waals surface area contributed by atoms with Gasteiger partial charge in [-0.25, -0.2) is 0 Å². The van der Waals surface area contributed by atoms with E-state index in [4.69, 9.17) is 0 Å². The average molecular weight is 315 g/mol. The lowest BCUT2D eigenvalue weighted by Crippen LogP contribution is -2.34. The van der Waals surface area contributed by atoms with Gasteiger partial charge in [0.05, 0.1) is 0 Å². The van der Waals surface area contributed by atoms with Crippen molar-refractivity contribution in [1.29, 1.82) is 0 Å². The number of hydrogen-bond acceptors (Lipinski definition) is 2. The van der Waals surface area contributed by atoms with Crippen LogP contribution in [0.5, 0.6) is 0 Å². The maximum absolute atomic E-state index is 12.6. The third-order valence-corrected chi connectivity index (χ3v) is 3.96. The molecule has 0 saturated carbocycles. The number of aromatic nitrogens is 1. The van der Waals surface area contributed by atoms with Gasteiger partial charge in [0, 0.05) is 37.5 Å². The second-order valence-electron chi connectivity index (χ2n) is 5.73. The average Bonchev–Trinajstić information content (AvgIpc) is 2.82. The molecule has 0 saturated heterocycles. The molecule has 0 radical (unpaired) electrons. The maximum atomic E-state index is 12.6. The smallest absolute Gasteiger partial charge is 0.268 e. The number of benzene rings is 1. The molecule has 1 aromatic heterocycles. The van der Waals surface area contributed by atoms with E-state index in [0.717, 1.165) is 41.5 Å². The van der Waals surface area contributed by atoms with Crippen LogP contribution in [0.3, 0.4) is 0 Å². The summed E-state index contributed by atoms with van der Waals surface area (Å²) in [7, 11) is 0. The molecule has 0 fully saturated rings. The Morgan fingerprint density at radius 3 is 2.52 bits per heavy atom. The summed E-state index contributed by atoms with van der Waals surface area (Å²) in [5, 5.41) is 6.70. The molecule has 1 heterocycles. The van der Waals surface area contributed by atoms with Crippen molar-refractivity contribution in [3.63, 3.8) is 0 Å². The monoisotopic (exact) mass is 315 g/mol. The Morgan fingerprint density at radius 2 is 1.83 bits per heavy atom. The van der Waals surface area contributed by atoms with Crippen molar-refractivity contribution < 1.29 is 9.59 Å². The number of unbranched alkanes of at least 4 members (excludes halogenated alkanes) is 1. The van der Waals surface area contributed by atoms with E-state index in [1.165, 1.54) is 6.92 Å². The van der Waals surface area contributed by atoms with Crippen molar-refractivity contribution >= 4 is 22.7 Å². The largest absolute Gasteiger partial charge is 0.355 e. The normalized spacial score (nSPS) is 10.7. The molecule has 2 rings (SSSR count). The summed E-state index contributed by atoms with van der Waals surface area (Å²) in [6, 6.07) is 8.12. The van der Waals surface area contributed by atoms with E-state index in [1.807, 2.05) is 19.1 Å². The number of amides is 2. The zero-order valence-corrected chi connectivity index (χ0v) is 14.1. The van der Waals surface area contributed by atoms with Crippen LogP contribution in [0.4, 0.5) is 0 Å². The van der Waals surface area contributed by atoms with Gasteiger partial charge in [0.25, 0.3) is 5.91 Å². The minimum absolute atomic E-state index is 0.0832. The Labute approximate surface area is 137 Å². The van der Waals surface area contributed by atoms with E-state index in [1.54, 1.807) is 0 Å². The predicted molar refractivity (Wildman–Crippen MR) is 92.6 cm³/mol. The van der Waals surface area contributed by atoms with E-state index in [2.05, 4.69) is 34.3 Å². The Bertz CT molecular complexity index is 704. The maximum Gasteiger partial charge on any atom is 0.268 e. The number of nitrogens with one attached hydrogen (secondary N) is 2. The van der Waals surface area contributed by atoms with Crippen LogP contribution in [0.1, 0.15) is 42.7 Å². The van der Waals surface area contributed by atoms with Crippen LogP contribution in [0.25, 0.3) is 10.9 Å².